The van der Waals surface area contributed by atoms with Crippen LogP contribution in [0.4, 0.5) is 0 Å². The number of likely N-dealkylation sites (N-methyl/N-ethyl adjacent to an activating group) is 1. The van der Waals surface area contributed by atoms with Crippen molar-refractivity contribution in [3.05, 3.63) is 43.9 Å². The number of fused-ring (bicyclic) bond motifs is 2. The lowest BCUT2D eigenvalue weighted by Crippen LogP contribution is -2.43. The van der Waals surface area contributed by atoms with Crippen LogP contribution in [0.25, 0.3) is 16.2 Å². The van der Waals surface area contributed by atoms with E-state index in [1.54, 1.807) is 18.2 Å². The van der Waals surface area contributed by atoms with Crippen molar-refractivity contribution >= 4 is 33.3 Å². The Morgan fingerprint density at radius 1 is 1.22 bits per heavy atom. The van der Waals surface area contributed by atoms with Gasteiger partial charge in [-0.1, -0.05) is 12.2 Å². The summed E-state index contributed by atoms with van der Waals surface area (Å²) in [5.41, 5.74) is 2.20. The molecule has 0 radical (unpaired) electrons. The van der Waals surface area contributed by atoms with E-state index < -0.39 is 6.10 Å². The predicted octanol–water partition coefficient (Wildman–Crippen LogP) is 2.92. The second-order valence-electron chi connectivity index (χ2n) is 8.14. The van der Waals surface area contributed by atoms with Gasteiger partial charge in [-0.2, -0.15) is 0 Å². The minimum Gasteiger partial charge on any atom is -0.490 e. The number of Topliss-reactive ketones (excluding diaryl/α,β-unsaturated/α-hetero) is 1. The topological polar surface area (TPSA) is 63.6 Å². The van der Waals surface area contributed by atoms with Gasteiger partial charge < -0.3 is 14.3 Å². The van der Waals surface area contributed by atoms with Gasteiger partial charge in [-0.25, -0.2) is 0 Å². The highest BCUT2D eigenvalue weighted by atomic mass is 32.1. The number of aliphatic hydroxyl groups is 1. The minimum atomic E-state index is -0.598. The molecule has 1 unspecified atom stereocenters. The van der Waals surface area contributed by atoms with E-state index >= 15 is 0 Å². The standard InChI is InChI=1S/C21H26NO4S/c1-12-13(2)20-16(9-18(12)26-11-14(23)10-22(3,4)5)19(25)15-7-6-8-17(24)21(15)27-20/h6-7,9,14,23H,8,10-11H2,1-5H3/q+1. The fraction of sp³-hybridized carbons (Fsp3) is 0.429. The van der Waals surface area contributed by atoms with Crippen molar-refractivity contribution in [3.63, 3.8) is 0 Å². The molecule has 6 heteroatoms. The summed E-state index contributed by atoms with van der Waals surface area (Å²) in [6, 6.07) is 1.75. The van der Waals surface area contributed by atoms with Gasteiger partial charge >= 0.3 is 0 Å². The van der Waals surface area contributed by atoms with E-state index in [9.17, 15) is 14.7 Å². The molecule has 3 rings (SSSR count). The number of carbonyl (C=O) groups is 1. The zero-order valence-electron chi connectivity index (χ0n) is 16.5. The van der Waals surface area contributed by atoms with Crippen LogP contribution < -0.4 is 10.2 Å². The molecule has 5 nitrogen and oxygen atoms in total. The van der Waals surface area contributed by atoms with E-state index in [0.717, 1.165) is 15.8 Å². The molecule has 2 aromatic rings. The number of nitrogens with zero attached hydrogens (tertiary/aromatic N) is 1. The van der Waals surface area contributed by atoms with E-state index in [1.807, 2.05) is 35.0 Å². The zero-order chi connectivity index (χ0) is 19.9. The number of aryl methyl sites for hydroxylation is 1. The lowest BCUT2D eigenvalue weighted by atomic mass is 10.0. The van der Waals surface area contributed by atoms with Gasteiger partial charge in [0.05, 0.1) is 26.0 Å². The van der Waals surface area contributed by atoms with Gasteiger partial charge in [0.1, 0.15) is 25.0 Å². The van der Waals surface area contributed by atoms with E-state index in [4.69, 9.17) is 4.74 Å². The number of ether oxygens (including phenoxy) is 1. The quantitative estimate of drug-likeness (QED) is 0.800. The van der Waals surface area contributed by atoms with Crippen molar-refractivity contribution in [2.75, 3.05) is 34.3 Å². The first-order valence-corrected chi connectivity index (χ1v) is 9.82. The first-order chi connectivity index (χ1) is 12.6. The fourth-order valence-corrected chi connectivity index (χ4v) is 4.56. The van der Waals surface area contributed by atoms with Crippen molar-refractivity contribution in [2.24, 2.45) is 0 Å². The molecule has 0 spiro atoms. The van der Waals surface area contributed by atoms with Gasteiger partial charge in [-0.15, -0.1) is 11.3 Å². The molecule has 0 saturated heterocycles. The monoisotopic (exact) mass is 388 g/mol. The molecule has 1 heterocycles. The second kappa shape index (κ2) is 7.19. The van der Waals surface area contributed by atoms with Crippen LogP contribution in [0.15, 0.2) is 16.9 Å². The Labute approximate surface area is 163 Å². The van der Waals surface area contributed by atoms with E-state index in [-0.39, 0.29) is 17.8 Å². The molecule has 1 atom stereocenters. The molecule has 0 bridgehead atoms. The van der Waals surface area contributed by atoms with Crippen LogP contribution in [-0.2, 0) is 0 Å². The number of rotatable bonds is 5. The normalized spacial score (nSPS) is 15.1. The minimum absolute atomic E-state index is 0.00249. The maximum Gasteiger partial charge on any atom is 0.196 e. The average molecular weight is 389 g/mol. The molecular formula is C21H26NO4S+. The third kappa shape index (κ3) is 3.98. The molecule has 1 aromatic carbocycles. The largest absolute Gasteiger partial charge is 0.490 e. The number of hydrogen-bond donors (Lipinski definition) is 1. The lowest BCUT2D eigenvalue weighted by molar-refractivity contribution is -0.873. The Hall–Kier alpha value is -2.02. The molecule has 0 saturated carbocycles. The Balaban J connectivity index is 2.02. The molecule has 1 aromatic heterocycles. The molecule has 0 aliphatic heterocycles. The highest BCUT2D eigenvalue weighted by Gasteiger charge is 2.22. The van der Waals surface area contributed by atoms with Crippen LogP contribution >= 0.6 is 11.3 Å². The predicted molar refractivity (Wildman–Crippen MR) is 110 cm³/mol. The number of aliphatic hydroxyl groups excluding tert-OH is 1. The Morgan fingerprint density at radius 3 is 2.59 bits per heavy atom. The first kappa shape index (κ1) is 19.7. The summed E-state index contributed by atoms with van der Waals surface area (Å²) < 4.78 is 7.34. The third-order valence-electron chi connectivity index (χ3n) is 4.76. The molecule has 27 heavy (non-hydrogen) atoms. The molecular weight excluding hydrogens is 362 g/mol. The number of benzene rings is 1. The zero-order valence-corrected chi connectivity index (χ0v) is 17.3. The van der Waals surface area contributed by atoms with Gasteiger partial charge in [0, 0.05) is 22.1 Å². The molecule has 1 aliphatic rings. The van der Waals surface area contributed by atoms with Crippen LogP contribution in [-0.4, -0.2) is 55.8 Å². The maximum absolute atomic E-state index is 13.0. The van der Waals surface area contributed by atoms with Crippen molar-refractivity contribution < 1.29 is 19.1 Å². The Morgan fingerprint density at radius 2 is 1.93 bits per heavy atom. The molecule has 0 amide bonds. The SMILES string of the molecule is Cc1c(OCC(O)C[N+](C)(C)C)cc2c(=O)c3c(sc2c1C)C(=O)CC=C3. The summed E-state index contributed by atoms with van der Waals surface area (Å²) in [7, 11) is 6.03. The van der Waals surface area contributed by atoms with Crippen LogP contribution in [0.5, 0.6) is 5.75 Å². The van der Waals surface area contributed by atoms with Crippen molar-refractivity contribution in [2.45, 2.75) is 26.4 Å². The van der Waals surface area contributed by atoms with Gasteiger partial charge in [-0.05, 0) is 31.0 Å². The smallest absolute Gasteiger partial charge is 0.196 e. The number of carbonyl (C=O) groups excluding carboxylic acids is 1. The summed E-state index contributed by atoms with van der Waals surface area (Å²) in [5.74, 6) is 0.605. The summed E-state index contributed by atoms with van der Waals surface area (Å²) in [4.78, 5) is 25.7. The van der Waals surface area contributed by atoms with Crippen LogP contribution in [0.2, 0.25) is 0 Å². The fourth-order valence-electron chi connectivity index (χ4n) is 3.32. The molecule has 1 N–H and O–H groups in total. The Bertz CT molecular complexity index is 998. The van der Waals surface area contributed by atoms with E-state index in [0.29, 0.717) is 39.0 Å². The van der Waals surface area contributed by atoms with Crippen molar-refractivity contribution in [1.82, 2.24) is 0 Å². The Kier molecular flexibility index (Phi) is 5.25. The first-order valence-electron chi connectivity index (χ1n) is 9.00. The van der Waals surface area contributed by atoms with Crippen molar-refractivity contribution in [3.8, 4) is 5.75 Å². The summed E-state index contributed by atoms with van der Waals surface area (Å²) in [5, 5.41) is 10.8. The average Bonchev–Trinajstić information content (AvgIpc) is 2.57. The lowest BCUT2D eigenvalue weighted by Gasteiger charge is -2.27. The van der Waals surface area contributed by atoms with E-state index in [1.165, 1.54) is 11.3 Å². The highest BCUT2D eigenvalue weighted by Crippen LogP contribution is 2.34. The van der Waals surface area contributed by atoms with Crippen LogP contribution in [0.1, 0.15) is 32.8 Å². The van der Waals surface area contributed by atoms with E-state index in [2.05, 4.69) is 0 Å². The van der Waals surface area contributed by atoms with Crippen LogP contribution in [0.3, 0.4) is 0 Å². The van der Waals surface area contributed by atoms with Gasteiger partial charge in [0.15, 0.2) is 11.2 Å². The second-order valence-corrected chi connectivity index (χ2v) is 9.16. The summed E-state index contributed by atoms with van der Waals surface area (Å²) in [6.07, 6.45) is 3.23. The van der Waals surface area contributed by atoms with Crippen molar-refractivity contribution in [1.29, 1.82) is 0 Å². The third-order valence-corrected chi connectivity index (χ3v) is 6.14. The molecule has 1 aliphatic carbocycles. The summed E-state index contributed by atoms with van der Waals surface area (Å²) >= 11 is 1.39. The maximum atomic E-state index is 13.0. The van der Waals surface area contributed by atoms with Crippen LogP contribution in [0, 0.1) is 13.8 Å². The number of hydrogen-bond acceptors (Lipinski definition) is 5. The van der Waals surface area contributed by atoms with Gasteiger partial charge in [0.2, 0.25) is 0 Å². The number of quaternary nitrogens is 1. The summed E-state index contributed by atoms with van der Waals surface area (Å²) in [6.45, 7) is 4.62. The molecule has 144 valence electrons. The van der Waals surface area contributed by atoms with Gasteiger partial charge in [0.25, 0.3) is 0 Å². The molecule has 0 fully saturated rings. The number of ketones is 1. The highest BCUT2D eigenvalue weighted by molar-refractivity contribution is 7.20. The number of allylic oxidation sites excluding steroid dienone is 1. The van der Waals surface area contributed by atoms with Gasteiger partial charge in [-0.3, -0.25) is 9.59 Å².